The van der Waals surface area contributed by atoms with E-state index in [9.17, 15) is 9.90 Å². The van der Waals surface area contributed by atoms with Crippen LogP contribution in [0.4, 0.5) is 0 Å². The molecule has 0 radical (unpaired) electrons. The second kappa shape index (κ2) is 4.87. The lowest BCUT2D eigenvalue weighted by atomic mass is 10.2. The van der Waals surface area contributed by atoms with Crippen molar-refractivity contribution in [2.45, 2.75) is 6.92 Å². The van der Waals surface area contributed by atoms with E-state index in [0.717, 1.165) is 0 Å². The third-order valence-corrected chi connectivity index (χ3v) is 1.56. The highest BCUT2D eigenvalue weighted by atomic mass is 16.3. The van der Waals surface area contributed by atoms with Crippen molar-refractivity contribution in [3.05, 3.63) is 24.0 Å². The first-order valence-electron chi connectivity index (χ1n) is 4.06. The Morgan fingerprint density at radius 2 is 2.50 bits per heavy atom. The van der Waals surface area contributed by atoms with Crippen LogP contribution in [0.25, 0.3) is 0 Å². The third-order valence-electron chi connectivity index (χ3n) is 1.56. The van der Waals surface area contributed by atoms with Gasteiger partial charge in [0.25, 0.3) is 5.91 Å². The smallest absolute Gasteiger partial charge is 0.255 e. The number of carbonyl (C=O) groups is 1. The van der Waals surface area contributed by atoms with E-state index in [1.165, 1.54) is 18.5 Å². The minimum atomic E-state index is -0.354. The van der Waals surface area contributed by atoms with Crippen LogP contribution in [0.1, 0.15) is 17.3 Å². The molecule has 0 unspecified atom stereocenters. The second-order valence-electron chi connectivity index (χ2n) is 2.50. The number of aromatic nitrogens is 1. The zero-order chi connectivity index (χ0) is 10.4. The van der Waals surface area contributed by atoms with Crippen LogP contribution in [-0.2, 0) is 0 Å². The molecule has 0 aliphatic rings. The van der Waals surface area contributed by atoms with E-state index in [-0.39, 0.29) is 23.8 Å². The number of hydrogen-bond acceptors (Lipinski definition) is 3. The van der Waals surface area contributed by atoms with Crippen LogP contribution in [0.5, 0.6) is 5.75 Å². The van der Waals surface area contributed by atoms with Gasteiger partial charge in [-0.15, -0.1) is 5.92 Å². The number of rotatable bonds is 2. The minimum absolute atomic E-state index is 0.130. The first kappa shape index (κ1) is 10.1. The highest BCUT2D eigenvalue weighted by Crippen LogP contribution is 2.12. The van der Waals surface area contributed by atoms with Crippen LogP contribution in [0.3, 0.4) is 0 Å². The van der Waals surface area contributed by atoms with Gasteiger partial charge in [-0.1, -0.05) is 5.92 Å². The molecule has 0 aromatic carbocycles. The number of pyridine rings is 1. The fourth-order valence-corrected chi connectivity index (χ4v) is 0.886. The molecule has 1 aromatic rings. The Morgan fingerprint density at radius 1 is 1.71 bits per heavy atom. The first-order chi connectivity index (χ1) is 6.75. The average Bonchev–Trinajstić information content (AvgIpc) is 2.18. The Balaban J connectivity index is 2.68. The number of aromatic hydroxyl groups is 1. The van der Waals surface area contributed by atoms with Crippen molar-refractivity contribution >= 4 is 5.91 Å². The van der Waals surface area contributed by atoms with Crippen molar-refractivity contribution in [1.29, 1.82) is 0 Å². The summed E-state index contributed by atoms with van der Waals surface area (Å²) < 4.78 is 0. The maximum absolute atomic E-state index is 11.4. The second-order valence-corrected chi connectivity index (χ2v) is 2.50. The Labute approximate surface area is 82.0 Å². The fraction of sp³-hybridized carbons (Fsp3) is 0.200. The van der Waals surface area contributed by atoms with Crippen LogP contribution >= 0.6 is 0 Å². The van der Waals surface area contributed by atoms with Gasteiger partial charge in [-0.2, -0.15) is 0 Å². The molecule has 2 N–H and O–H groups in total. The monoisotopic (exact) mass is 190 g/mol. The summed E-state index contributed by atoms with van der Waals surface area (Å²) >= 11 is 0. The molecular formula is C10H10N2O2. The van der Waals surface area contributed by atoms with Gasteiger partial charge in [0.1, 0.15) is 5.75 Å². The summed E-state index contributed by atoms with van der Waals surface area (Å²) in [5.74, 6) is 4.85. The molecule has 0 spiro atoms. The van der Waals surface area contributed by atoms with E-state index >= 15 is 0 Å². The van der Waals surface area contributed by atoms with Crippen molar-refractivity contribution in [3.63, 3.8) is 0 Å². The summed E-state index contributed by atoms with van der Waals surface area (Å²) in [4.78, 5) is 15.0. The summed E-state index contributed by atoms with van der Waals surface area (Å²) in [5.41, 5.74) is 0.206. The summed E-state index contributed by atoms with van der Waals surface area (Å²) in [5, 5.41) is 11.8. The first-order valence-corrected chi connectivity index (χ1v) is 4.06. The highest BCUT2D eigenvalue weighted by molar-refractivity contribution is 5.96. The Morgan fingerprint density at radius 3 is 3.14 bits per heavy atom. The molecule has 4 nitrogen and oxygen atoms in total. The van der Waals surface area contributed by atoms with Gasteiger partial charge in [-0.3, -0.25) is 9.78 Å². The van der Waals surface area contributed by atoms with Crippen LogP contribution in [-0.4, -0.2) is 22.5 Å². The molecule has 1 heterocycles. The summed E-state index contributed by atoms with van der Waals surface area (Å²) in [6.07, 6.45) is 2.67. The number of hydrogen-bond donors (Lipinski definition) is 2. The Hall–Kier alpha value is -2.02. The van der Waals surface area contributed by atoms with E-state index < -0.39 is 0 Å². The summed E-state index contributed by atoms with van der Waals surface area (Å²) in [6, 6.07) is 1.45. The maximum Gasteiger partial charge on any atom is 0.255 e. The van der Waals surface area contributed by atoms with E-state index in [2.05, 4.69) is 22.1 Å². The van der Waals surface area contributed by atoms with Gasteiger partial charge in [0.15, 0.2) is 0 Å². The van der Waals surface area contributed by atoms with Gasteiger partial charge in [-0.05, 0) is 13.0 Å². The summed E-state index contributed by atoms with van der Waals surface area (Å²) in [7, 11) is 0. The van der Waals surface area contributed by atoms with Gasteiger partial charge in [0.05, 0.1) is 18.3 Å². The van der Waals surface area contributed by atoms with Crippen molar-refractivity contribution in [1.82, 2.24) is 10.3 Å². The van der Waals surface area contributed by atoms with Gasteiger partial charge in [0, 0.05) is 6.20 Å². The Bertz CT molecular complexity index is 391. The summed E-state index contributed by atoms with van der Waals surface area (Å²) in [6.45, 7) is 1.97. The molecule has 0 atom stereocenters. The van der Waals surface area contributed by atoms with Crippen LogP contribution in [0.2, 0.25) is 0 Å². The quantitative estimate of drug-likeness (QED) is 0.669. The van der Waals surface area contributed by atoms with Crippen LogP contribution < -0.4 is 5.32 Å². The maximum atomic E-state index is 11.4. The molecular weight excluding hydrogens is 180 g/mol. The minimum Gasteiger partial charge on any atom is -0.505 e. The molecule has 4 heteroatoms. The van der Waals surface area contributed by atoms with Gasteiger partial charge in [-0.25, -0.2) is 0 Å². The molecule has 72 valence electrons. The SMILES string of the molecule is CC#CCNC(=O)c1ccncc1O. The predicted molar refractivity (Wildman–Crippen MR) is 51.7 cm³/mol. The lowest BCUT2D eigenvalue weighted by Gasteiger charge is -2.02. The zero-order valence-electron chi connectivity index (χ0n) is 7.74. The lowest BCUT2D eigenvalue weighted by molar-refractivity contribution is 0.0956. The zero-order valence-corrected chi connectivity index (χ0v) is 7.74. The molecule has 0 aliphatic heterocycles. The van der Waals surface area contributed by atoms with E-state index in [4.69, 9.17) is 0 Å². The molecule has 0 bridgehead atoms. The number of amides is 1. The topological polar surface area (TPSA) is 62.2 Å². The largest absolute Gasteiger partial charge is 0.505 e. The predicted octanol–water partition coefficient (Wildman–Crippen LogP) is 0.540. The van der Waals surface area contributed by atoms with E-state index in [1.54, 1.807) is 6.92 Å². The number of nitrogens with zero attached hydrogens (tertiary/aromatic N) is 1. The molecule has 1 rings (SSSR count). The van der Waals surface area contributed by atoms with Crippen LogP contribution in [0.15, 0.2) is 18.5 Å². The normalized spacial score (nSPS) is 8.64. The van der Waals surface area contributed by atoms with Crippen molar-refractivity contribution in [2.75, 3.05) is 6.54 Å². The van der Waals surface area contributed by atoms with Crippen molar-refractivity contribution < 1.29 is 9.90 Å². The fourth-order valence-electron chi connectivity index (χ4n) is 0.886. The molecule has 0 aliphatic carbocycles. The van der Waals surface area contributed by atoms with E-state index in [0.29, 0.717) is 0 Å². The van der Waals surface area contributed by atoms with Gasteiger partial charge in [0.2, 0.25) is 0 Å². The number of nitrogens with one attached hydrogen (secondary N) is 1. The lowest BCUT2D eigenvalue weighted by Crippen LogP contribution is -2.23. The van der Waals surface area contributed by atoms with E-state index in [1.807, 2.05) is 0 Å². The average molecular weight is 190 g/mol. The third kappa shape index (κ3) is 2.49. The molecule has 0 saturated heterocycles. The van der Waals surface area contributed by atoms with Crippen molar-refractivity contribution in [3.8, 4) is 17.6 Å². The Kier molecular flexibility index (Phi) is 3.50. The van der Waals surface area contributed by atoms with Gasteiger partial charge < -0.3 is 10.4 Å². The van der Waals surface area contributed by atoms with Crippen LogP contribution in [0, 0.1) is 11.8 Å². The van der Waals surface area contributed by atoms with Gasteiger partial charge >= 0.3 is 0 Å². The molecule has 0 saturated carbocycles. The molecule has 0 fully saturated rings. The number of carbonyl (C=O) groups excluding carboxylic acids is 1. The molecule has 14 heavy (non-hydrogen) atoms. The molecule has 1 amide bonds. The van der Waals surface area contributed by atoms with Crippen molar-refractivity contribution in [2.24, 2.45) is 0 Å². The standard InChI is InChI=1S/C10H10N2O2/c1-2-3-5-12-10(14)8-4-6-11-7-9(8)13/h4,6-7,13H,5H2,1H3,(H,12,14). The highest BCUT2D eigenvalue weighted by Gasteiger charge is 2.08. The molecule has 1 aromatic heterocycles.